The van der Waals surface area contributed by atoms with Crippen LogP contribution in [-0.4, -0.2) is 56.4 Å². The summed E-state index contributed by atoms with van der Waals surface area (Å²) in [4.78, 5) is 1.47. The Morgan fingerprint density at radius 2 is 2.08 bits per heavy atom. The maximum Gasteiger partial charge on any atom is 0.251 e. The van der Waals surface area contributed by atoms with Gasteiger partial charge in [-0.15, -0.1) is 0 Å². The highest BCUT2D eigenvalue weighted by Crippen LogP contribution is 1.97. The molecule has 0 bridgehead atoms. The first kappa shape index (κ1) is 11.7. The summed E-state index contributed by atoms with van der Waals surface area (Å²) in [5.74, 6) is 0. The van der Waals surface area contributed by atoms with E-state index < -0.39 is 6.43 Å². The number of alkyl halides is 2. The molecule has 1 N–H and O–H groups in total. The molecule has 74 valence electrons. The van der Waals surface area contributed by atoms with E-state index in [0.29, 0.717) is 13.2 Å². The van der Waals surface area contributed by atoms with Crippen molar-refractivity contribution in [2.24, 2.45) is 0 Å². The van der Waals surface area contributed by atoms with Gasteiger partial charge >= 0.3 is 0 Å². The quantitative estimate of drug-likeness (QED) is 0.611. The number of halogens is 2. The SMILES string of the molecule is COCCN(CCO)CC(F)F. The first-order valence-corrected chi connectivity index (χ1v) is 3.81. The number of aliphatic hydroxyl groups is 1. The molecular formula is C7H15F2NO2. The van der Waals surface area contributed by atoms with Crippen molar-refractivity contribution in [3.05, 3.63) is 0 Å². The van der Waals surface area contributed by atoms with Crippen molar-refractivity contribution >= 4 is 0 Å². The molecule has 0 unspecified atom stereocenters. The van der Waals surface area contributed by atoms with Gasteiger partial charge in [-0.25, -0.2) is 8.78 Å². The number of nitrogens with zero attached hydrogens (tertiary/aromatic N) is 1. The lowest BCUT2D eigenvalue weighted by atomic mass is 10.4. The van der Waals surface area contributed by atoms with Crippen molar-refractivity contribution in [2.45, 2.75) is 6.43 Å². The Hall–Kier alpha value is -0.260. The molecule has 0 rings (SSSR count). The number of methoxy groups -OCH3 is 1. The van der Waals surface area contributed by atoms with Crippen LogP contribution in [0, 0.1) is 0 Å². The fourth-order valence-electron chi connectivity index (χ4n) is 0.851. The maximum absolute atomic E-state index is 11.9. The van der Waals surface area contributed by atoms with Crippen LogP contribution in [0.2, 0.25) is 0 Å². The summed E-state index contributed by atoms with van der Waals surface area (Å²) in [6.07, 6.45) is -2.35. The highest BCUT2D eigenvalue weighted by atomic mass is 19.3. The molecule has 0 spiro atoms. The van der Waals surface area contributed by atoms with Crippen LogP contribution in [0.5, 0.6) is 0 Å². The third kappa shape index (κ3) is 6.45. The van der Waals surface area contributed by atoms with Crippen molar-refractivity contribution < 1.29 is 18.6 Å². The number of rotatable bonds is 7. The summed E-state index contributed by atoms with van der Waals surface area (Å²) in [5.41, 5.74) is 0. The Morgan fingerprint density at radius 3 is 2.50 bits per heavy atom. The van der Waals surface area contributed by atoms with Gasteiger partial charge in [0, 0.05) is 20.2 Å². The first-order chi connectivity index (χ1) is 5.70. The van der Waals surface area contributed by atoms with E-state index in [1.54, 1.807) is 0 Å². The van der Waals surface area contributed by atoms with Crippen LogP contribution >= 0.6 is 0 Å². The van der Waals surface area contributed by atoms with Gasteiger partial charge in [0.15, 0.2) is 0 Å². The van der Waals surface area contributed by atoms with Gasteiger partial charge < -0.3 is 9.84 Å². The Bertz CT molecular complexity index is 103. The lowest BCUT2D eigenvalue weighted by molar-refractivity contribution is 0.0617. The van der Waals surface area contributed by atoms with E-state index in [1.165, 1.54) is 12.0 Å². The van der Waals surface area contributed by atoms with E-state index in [9.17, 15) is 8.78 Å². The van der Waals surface area contributed by atoms with E-state index in [4.69, 9.17) is 9.84 Å². The molecular weight excluding hydrogens is 168 g/mol. The summed E-state index contributed by atoms with van der Waals surface area (Å²) in [6.45, 7) is 0.710. The highest BCUT2D eigenvalue weighted by molar-refractivity contribution is 4.57. The zero-order valence-electron chi connectivity index (χ0n) is 7.17. The van der Waals surface area contributed by atoms with Crippen LogP contribution in [0.1, 0.15) is 0 Å². The Labute approximate surface area is 70.9 Å². The van der Waals surface area contributed by atoms with Gasteiger partial charge in [-0.2, -0.15) is 0 Å². The molecule has 0 aliphatic carbocycles. The zero-order valence-corrected chi connectivity index (χ0v) is 7.17. The minimum absolute atomic E-state index is 0.101. The lowest BCUT2D eigenvalue weighted by Gasteiger charge is -2.19. The monoisotopic (exact) mass is 183 g/mol. The Balaban J connectivity index is 3.54. The molecule has 0 fully saturated rings. The van der Waals surface area contributed by atoms with E-state index in [1.807, 2.05) is 0 Å². The van der Waals surface area contributed by atoms with E-state index in [0.717, 1.165) is 0 Å². The van der Waals surface area contributed by atoms with Crippen LogP contribution in [0.15, 0.2) is 0 Å². The summed E-state index contributed by atoms with van der Waals surface area (Å²) in [5, 5.41) is 8.52. The third-order valence-electron chi connectivity index (χ3n) is 1.42. The summed E-state index contributed by atoms with van der Waals surface area (Å²) in [6, 6.07) is 0. The van der Waals surface area contributed by atoms with Crippen LogP contribution < -0.4 is 0 Å². The fraction of sp³-hybridized carbons (Fsp3) is 1.00. The van der Waals surface area contributed by atoms with Crippen LogP contribution in [0.4, 0.5) is 8.78 Å². The zero-order chi connectivity index (χ0) is 9.40. The molecule has 0 atom stereocenters. The molecule has 5 heteroatoms. The van der Waals surface area contributed by atoms with E-state index in [2.05, 4.69) is 0 Å². The Kier molecular flexibility index (Phi) is 7.23. The van der Waals surface area contributed by atoms with Crippen molar-refractivity contribution in [2.75, 3.05) is 40.0 Å². The number of hydrogen-bond donors (Lipinski definition) is 1. The molecule has 0 aliphatic rings. The van der Waals surface area contributed by atoms with Crippen molar-refractivity contribution in [1.29, 1.82) is 0 Å². The molecule has 3 nitrogen and oxygen atoms in total. The molecule has 0 heterocycles. The predicted octanol–water partition coefficient (Wildman–Crippen LogP) is 0.192. The molecule has 0 amide bonds. The smallest absolute Gasteiger partial charge is 0.251 e. The van der Waals surface area contributed by atoms with Gasteiger partial charge in [0.1, 0.15) is 0 Å². The minimum Gasteiger partial charge on any atom is -0.395 e. The van der Waals surface area contributed by atoms with Crippen LogP contribution in [0.25, 0.3) is 0 Å². The maximum atomic E-state index is 11.9. The normalized spacial score (nSPS) is 11.5. The molecule has 0 saturated carbocycles. The van der Waals surface area contributed by atoms with Crippen molar-refractivity contribution in [1.82, 2.24) is 4.90 Å². The van der Waals surface area contributed by atoms with Gasteiger partial charge in [-0.05, 0) is 0 Å². The summed E-state index contributed by atoms with van der Waals surface area (Å²) >= 11 is 0. The van der Waals surface area contributed by atoms with Crippen molar-refractivity contribution in [3.63, 3.8) is 0 Å². The second-order valence-electron chi connectivity index (χ2n) is 2.41. The minimum atomic E-state index is -2.35. The molecule has 0 aliphatic heterocycles. The van der Waals surface area contributed by atoms with Gasteiger partial charge in [0.2, 0.25) is 0 Å². The van der Waals surface area contributed by atoms with E-state index >= 15 is 0 Å². The van der Waals surface area contributed by atoms with Gasteiger partial charge in [0.25, 0.3) is 6.43 Å². The topological polar surface area (TPSA) is 32.7 Å². The molecule has 0 saturated heterocycles. The van der Waals surface area contributed by atoms with Crippen LogP contribution in [-0.2, 0) is 4.74 Å². The number of hydrogen-bond acceptors (Lipinski definition) is 3. The summed E-state index contributed by atoms with van der Waals surface area (Å²) < 4.78 is 28.5. The van der Waals surface area contributed by atoms with Gasteiger partial charge in [-0.3, -0.25) is 4.90 Å². The Morgan fingerprint density at radius 1 is 1.42 bits per heavy atom. The average Bonchev–Trinajstić information content (AvgIpc) is 2.00. The first-order valence-electron chi connectivity index (χ1n) is 3.81. The van der Waals surface area contributed by atoms with Crippen molar-refractivity contribution in [3.8, 4) is 0 Å². The molecule has 0 radical (unpaired) electrons. The standard InChI is InChI=1S/C7H15F2NO2/c1-12-5-3-10(2-4-11)6-7(8)9/h7,11H,2-6H2,1H3. The fourth-order valence-corrected chi connectivity index (χ4v) is 0.851. The summed E-state index contributed by atoms with van der Waals surface area (Å²) in [7, 11) is 1.51. The largest absolute Gasteiger partial charge is 0.395 e. The molecule has 0 aromatic carbocycles. The van der Waals surface area contributed by atoms with Gasteiger partial charge in [-0.1, -0.05) is 0 Å². The highest BCUT2D eigenvalue weighted by Gasteiger charge is 2.10. The second kappa shape index (κ2) is 7.39. The predicted molar refractivity (Wildman–Crippen MR) is 41.4 cm³/mol. The number of ether oxygens (including phenoxy) is 1. The second-order valence-corrected chi connectivity index (χ2v) is 2.41. The lowest BCUT2D eigenvalue weighted by Crippen LogP contribution is -2.34. The van der Waals surface area contributed by atoms with E-state index in [-0.39, 0.29) is 19.7 Å². The average molecular weight is 183 g/mol. The van der Waals surface area contributed by atoms with Crippen LogP contribution in [0.3, 0.4) is 0 Å². The number of aliphatic hydroxyl groups excluding tert-OH is 1. The molecule has 0 aromatic rings. The molecule has 0 aromatic heterocycles. The third-order valence-corrected chi connectivity index (χ3v) is 1.42. The molecule has 12 heavy (non-hydrogen) atoms. The van der Waals surface area contributed by atoms with Gasteiger partial charge in [0.05, 0.1) is 19.8 Å².